The van der Waals surface area contributed by atoms with Gasteiger partial charge >= 0.3 is 0 Å². The van der Waals surface area contributed by atoms with Crippen molar-refractivity contribution in [2.45, 2.75) is 30.7 Å². The molecule has 2 N–H and O–H groups in total. The Morgan fingerprint density at radius 2 is 1.76 bits per heavy atom. The van der Waals surface area contributed by atoms with E-state index in [9.17, 15) is 13.2 Å². The number of sulfonamides is 1. The van der Waals surface area contributed by atoms with E-state index in [4.69, 9.17) is 4.74 Å². The molecule has 0 aromatic heterocycles. The van der Waals surface area contributed by atoms with Crippen molar-refractivity contribution in [3.8, 4) is 5.75 Å². The van der Waals surface area contributed by atoms with Gasteiger partial charge in [0, 0.05) is 6.54 Å². The standard InChI is InChI=1S/C21H28N2O4S2/c1-16-4-10-19(11-5-16)29(25,26)23-20(13-15-28-3)21(24)22-14-12-17-6-8-18(27-2)9-7-17/h4-11,20,23H,12-15H2,1-3H3,(H,22,24). The third kappa shape index (κ3) is 7.38. The van der Waals surface area contributed by atoms with Gasteiger partial charge in [-0.05, 0) is 61.6 Å². The third-order valence-corrected chi connectivity index (χ3v) is 6.56. The second-order valence-corrected chi connectivity index (χ2v) is 9.36. The molecule has 1 atom stereocenters. The molecule has 0 aliphatic rings. The summed E-state index contributed by atoms with van der Waals surface area (Å²) in [6.07, 6.45) is 2.99. The van der Waals surface area contributed by atoms with E-state index in [1.54, 1.807) is 43.1 Å². The summed E-state index contributed by atoms with van der Waals surface area (Å²) in [5, 5.41) is 2.85. The van der Waals surface area contributed by atoms with Crippen molar-refractivity contribution in [3.63, 3.8) is 0 Å². The minimum atomic E-state index is -3.77. The second kappa shape index (κ2) is 11.2. The highest BCUT2D eigenvalue weighted by Crippen LogP contribution is 2.13. The maximum Gasteiger partial charge on any atom is 0.241 e. The summed E-state index contributed by atoms with van der Waals surface area (Å²) in [4.78, 5) is 12.8. The number of hydrogen-bond donors (Lipinski definition) is 2. The molecule has 0 saturated carbocycles. The monoisotopic (exact) mass is 436 g/mol. The molecule has 1 unspecified atom stereocenters. The van der Waals surface area contributed by atoms with Crippen molar-refractivity contribution in [1.29, 1.82) is 0 Å². The van der Waals surface area contributed by atoms with Crippen LogP contribution < -0.4 is 14.8 Å². The Morgan fingerprint density at radius 1 is 1.10 bits per heavy atom. The molecule has 0 radical (unpaired) electrons. The highest BCUT2D eigenvalue weighted by molar-refractivity contribution is 7.98. The lowest BCUT2D eigenvalue weighted by atomic mass is 10.1. The zero-order chi connectivity index (χ0) is 21.3. The van der Waals surface area contributed by atoms with Gasteiger partial charge in [-0.2, -0.15) is 16.5 Å². The molecule has 2 aromatic carbocycles. The number of thioether (sulfide) groups is 1. The second-order valence-electron chi connectivity index (χ2n) is 6.66. The van der Waals surface area contributed by atoms with E-state index in [0.717, 1.165) is 16.9 Å². The number of aryl methyl sites for hydroxylation is 1. The van der Waals surface area contributed by atoms with Crippen LogP contribution in [0.3, 0.4) is 0 Å². The molecule has 0 fully saturated rings. The molecule has 0 saturated heterocycles. The van der Waals surface area contributed by atoms with Gasteiger partial charge in [0.15, 0.2) is 0 Å². The maximum absolute atomic E-state index is 12.7. The Morgan fingerprint density at radius 3 is 2.34 bits per heavy atom. The molecular weight excluding hydrogens is 408 g/mol. The average Bonchev–Trinajstić information content (AvgIpc) is 2.71. The van der Waals surface area contributed by atoms with Crippen molar-refractivity contribution in [2.24, 2.45) is 0 Å². The molecule has 0 spiro atoms. The summed E-state index contributed by atoms with van der Waals surface area (Å²) in [5.74, 6) is 1.14. The number of carbonyl (C=O) groups is 1. The first-order chi connectivity index (χ1) is 13.9. The fourth-order valence-electron chi connectivity index (χ4n) is 2.70. The molecule has 158 valence electrons. The first kappa shape index (κ1) is 23.3. The lowest BCUT2D eigenvalue weighted by Crippen LogP contribution is -2.47. The van der Waals surface area contributed by atoms with Crippen molar-refractivity contribution in [3.05, 3.63) is 59.7 Å². The van der Waals surface area contributed by atoms with Crippen LogP contribution in [0.5, 0.6) is 5.75 Å². The highest BCUT2D eigenvalue weighted by atomic mass is 32.2. The summed E-state index contributed by atoms with van der Waals surface area (Å²) in [6, 6.07) is 13.4. The Hall–Kier alpha value is -2.03. The summed E-state index contributed by atoms with van der Waals surface area (Å²) in [5.41, 5.74) is 2.03. The summed E-state index contributed by atoms with van der Waals surface area (Å²) in [6.45, 7) is 2.31. The Labute approximate surface area is 177 Å². The van der Waals surface area contributed by atoms with Gasteiger partial charge in [0.05, 0.1) is 12.0 Å². The van der Waals surface area contributed by atoms with Gasteiger partial charge in [0.25, 0.3) is 0 Å². The highest BCUT2D eigenvalue weighted by Gasteiger charge is 2.25. The van der Waals surface area contributed by atoms with E-state index in [1.165, 1.54) is 0 Å². The van der Waals surface area contributed by atoms with E-state index in [0.29, 0.717) is 25.1 Å². The zero-order valence-electron chi connectivity index (χ0n) is 17.0. The van der Waals surface area contributed by atoms with Crippen LogP contribution in [0.25, 0.3) is 0 Å². The Kier molecular flexibility index (Phi) is 9.00. The fraction of sp³-hybridized carbons (Fsp3) is 0.381. The predicted octanol–water partition coefficient (Wildman–Crippen LogP) is 2.76. The van der Waals surface area contributed by atoms with E-state index >= 15 is 0 Å². The lowest BCUT2D eigenvalue weighted by molar-refractivity contribution is -0.122. The molecule has 6 nitrogen and oxygen atoms in total. The number of nitrogens with one attached hydrogen (secondary N) is 2. The van der Waals surface area contributed by atoms with E-state index in [-0.39, 0.29) is 10.8 Å². The molecule has 29 heavy (non-hydrogen) atoms. The van der Waals surface area contributed by atoms with Gasteiger partial charge in [-0.15, -0.1) is 0 Å². The van der Waals surface area contributed by atoms with Crippen molar-refractivity contribution < 1.29 is 17.9 Å². The normalized spacial score (nSPS) is 12.4. The number of amides is 1. The Balaban J connectivity index is 1.98. The van der Waals surface area contributed by atoms with Crippen molar-refractivity contribution >= 4 is 27.7 Å². The fourth-order valence-corrected chi connectivity index (χ4v) is 4.40. The number of hydrogen-bond acceptors (Lipinski definition) is 5. The first-order valence-corrected chi connectivity index (χ1v) is 12.2. The molecular formula is C21H28N2O4S2. The van der Waals surface area contributed by atoms with E-state index < -0.39 is 16.1 Å². The van der Waals surface area contributed by atoms with Gasteiger partial charge in [-0.25, -0.2) is 8.42 Å². The number of rotatable bonds is 11. The SMILES string of the molecule is COc1ccc(CCNC(=O)C(CCSC)NS(=O)(=O)c2ccc(C)cc2)cc1. The van der Waals surface area contributed by atoms with Crippen LogP contribution in [0.15, 0.2) is 53.4 Å². The van der Waals surface area contributed by atoms with Gasteiger partial charge < -0.3 is 10.1 Å². The molecule has 0 heterocycles. The van der Waals surface area contributed by atoms with Crippen LogP contribution in [-0.2, 0) is 21.2 Å². The minimum absolute atomic E-state index is 0.156. The van der Waals surface area contributed by atoms with Crippen LogP contribution in [0, 0.1) is 6.92 Å². The molecule has 0 aliphatic heterocycles. The van der Waals surface area contributed by atoms with Gasteiger partial charge in [0.2, 0.25) is 15.9 Å². The molecule has 0 aliphatic carbocycles. The maximum atomic E-state index is 12.7. The lowest BCUT2D eigenvalue weighted by Gasteiger charge is -2.18. The summed E-state index contributed by atoms with van der Waals surface area (Å²) in [7, 11) is -2.16. The van der Waals surface area contributed by atoms with Gasteiger partial charge in [-0.1, -0.05) is 29.8 Å². The molecule has 2 aromatic rings. The van der Waals surface area contributed by atoms with Crippen LogP contribution in [0.1, 0.15) is 17.5 Å². The van der Waals surface area contributed by atoms with E-state index in [2.05, 4.69) is 10.0 Å². The summed E-state index contributed by atoms with van der Waals surface area (Å²) < 4.78 is 33.0. The number of benzene rings is 2. The zero-order valence-corrected chi connectivity index (χ0v) is 18.6. The quantitative estimate of drug-likeness (QED) is 0.566. The minimum Gasteiger partial charge on any atom is -0.497 e. The smallest absolute Gasteiger partial charge is 0.241 e. The van der Waals surface area contributed by atoms with Crippen LogP contribution in [0.4, 0.5) is 0 Å². The number of methoxy groups -OCH3 is 1. The largest absolute Gasteiger partial charge is 0.497 e. The third-order valence-electron chi connectivity index (χ3n) is 4.43. The molecule has 1 amide bonds. The summed E-state index contributed by atoms with van der Waals surface area (Å²) >= 11 is 1.57. The average molecular weight is 437 g/mol. The number of carbonyl (C=O) groups excluding carboxylic acids is 1. The van der Waals surface area contributed by atoms with Gasteiger partial charge in [-0.3, -0.25) is 4.79 Å². The number of ether oxygens (including phenoxy) is 1. The molecule has 8 heteroatoms. The van der Waals surface area contributed by atoms with Crippen molar-refractivity contribution in [2.75, 3.05) is 25.7 Å². The molecule has 0 bridgehead atoms. The van der Waals surface area contributed by atoms with Gasteiger partial charge in [0.1, 0.15) is 11.8 Å². The molecule has 2 rings (SSSR count). The Bertz CT molecular complexity index is 882. The predicted molar refractivity (Wildman–Crippen MR) is 118 cm³/mol. The first-order valence-electron chi connectivity index (χ1n) is 9.34. The topological polar surface area (TPSA) is 84.5 Å². The van der Waals surface area contributed by atoms with E-state index in [1.807, 2.05) is 37.4 Å². The van der Waals surface area contributed by atoms with Crippen LogP contribution in [-0.4, -0.2) is 46.0 Å². The van der Waals surface area contributed by atoms with Crippen LogP contribution in [0.2, 0.25) is 0 Å². The van der Waals surface area contributed by atoms with Crippen molar-refractivity contribution in [1.82, 2.24) is 10.0 Å². The van der Waals surface area contributed by atoms with Crippen LogP contribution >= 0.6 is 11.8 Å².